The molecule has 12 heteroatoms. The van der Waals surface area contributed by atoms with Gasteiger partial charge >= 0.3 is 10.1 Å². The normalized spacial score (nSPS) is 14.6. The molecule has 3 aromatic carbocycles. The van der Waals surface area contributed by atoms with E-state index in [4.69, 9.17) is 18.4 Å². The van der Waals surface area contributed by atoms with Gasteiger partial charge in [-0.05, 0) is 71.9 Å². The average molecular weight is 560 g/mol. The third-order valence-electron chi connectivity index (χ3n) is 5.30. The second-order valence-corrected chi connectivity index (χ2v) is 10.3. The van der Waals surface area contributed by atoms with E-state index in [1.807, 2.05) is 0 Å². The summed E-state index contributed by atoms with van der Waals surface area (Å²) < 4.78 is 59.6. The summed E-state index contributed by atoms with van der Waals surface area (Å²) in [6.45, 7) is 0.117. The SMILES string of the molecule is COc1ccccc1OCCN1C(=O)S/C(=C\c2ccc(OS(=O)(=O)c3ccc(F)cc3)c(OC)c2)C1=O. The van der Waals surface area contributed by atoms with E-state index in [2.05, 4.69) is 0 Å². The molecule has 0 atom stereocenters. The molecule has 0 aliphatic carbocycles. The summed E-state index contributed by atoms with van der Waals surface area (Å²) in [5.74, 6) is -0.0627. The fourth-order valence-electron chi connectivity index (χ4n) is 3.44. The molecule has 0 unspecified atom stereocenters. The molecule has 3 aromatic rings. The number of methoxy groups -OCH3 is 2. The second-order valence-electron chi connectivity index (χ2n) is 7.73. The monoisotopic (exact) mass is 559 g/mol. The molecule has 198 valence electrons. The molecule has 1 aliphatic heterocycles. The van der Waals surface area contributed by atoms with E-state index in [1.165, 1.54) is 38.5 Å². The van der Waals surface area contributed by atoms with Gasteiger partial charge in [-0.15, -0.1) is 0 Å². The van der Waals surface area contributed by atoms with Gasteiger partial charge in [0.05, 0.1) is 25.7 Å². The Hall–Kier alpha value is -4.03. The second kappa shape index (κ2) is 11.6. The van der Waals surface area contributed by atoms with E-state index >= 15 is 0 Å². The van der Waals surface area contributed by atoms with Crippen LogP contribution in [0.4, 0.5) is 9.18 Å². The van der Waals surface area contributed by atoms with Crippen LogP contribution in [0.15, 0.2) is 76.5 Å². The van der Waals surface area contributed by atoms with E-state index in [0.717, 1.165) is 40.9 Å². The Balaban J connectivity index is 1.45. The molecule has 0 spiro atoms. The number of carbonyl (C=O) groups is 2. The topological polar surface area (TPSA) is 108 Å². The van der Waals surface area contributed by atoms with Crippen LogP contribution in [0.3, 0.4) is 0 Å². The van der Waals surface area contributed by atoms with Crippen LogP contribution in [0.5, 0.6) is 23.0 Å². The first-order valence-electron chi connectivity index (χ1n) is 11.1. The molecule has 9 nitrogen and oxygen atoms in total. The van der Waals surface area contributed by atoms with E-state index in [9.17, 15) is 22.4 Å². The number of rotatable bonds is 10. The quantitative estimate of drug-likeness (QED) is 0.257. The number of thioether (sulfide) groups is 1. The smallest absolute Gasteiger partial charge is 0.339 e. The molecule has 1 fully saturated rings. The van der Waals surface area contributed by atoms with Crippen LogP contribution in [0.25, 0.3) is 6.08 Å². The number of benzene rings is 3. The molecular weight excluding hydrogens is 537 g/mol. The van der Waals surface area contributed by atoms with Crippen molar-refractivity contribution in [1.29, 1.82) is 0 Å². The van der Waals surface area contributed by atoms with Crippen LogP contribution in [0.2, 0.25) is 0 Å². The summed E-state index contributed by atoms with van der Waals surface area (Å²) >= 11 is 0.776. The number of para-hydroxylation sites is 2. The Morgan fingerprint density at radius 2 is 1.58 bits per heavy atom. The van der Waals surface area contributed by atoms with Gasteiger partial charge in [-0.3, -0.25) is 14.5 Å². The predicted octanol–water partition coefficient (Wildman–Crippen LogP) is 4.73. The first-order valence-corrected chi connectivity index (χ1v) is 13.3. The van der Waals surface area contributed by atoms with E-state index in [1.54, 1.807) is 24.3 Å². The van der Waals surface area contributed by atoms with Gasteiger partial charge in [0.2, 0.25) is 0 Å². The highest BCUT2D eigenvalue weighted by Gasteiger charge is 2.35. The molecule has 2 amide bonds. The van der Waals surface area contributed by atoms with Gasteiger partial charge in [0, 0.05) is 0 Å². The first kappa shape index (κ1) is 27.0. The Kier molecular flexibility index (Phi) is 8.23. The van der Waals surface area contributed by atoms with Gasteiger partial charge in [0.15, 0.2) is 23.0 Å². The van der Waals surface area contributed by atoms with Gasteiger partial charge in [-0.1, -0.05) is 18.2 Å². The highest BCUT2D eigenvalue weighted by Crippen LogP contribution is 2.35. The van der Waals surface area contributed by atoms with Crippen molar-refractivity contribution in [3.63, 3.8) is 0 Å². The van der Waals surface area contributed by atoms with E-state index in [-0.39, 0.29) is 34.5 Å². The third kappa shape index (κ3) is 6.09. The largest absolute Gasteiger partial charge is 0.493 e. The van der Waals surface area contributed by atoms with Crippen molar-refractivity contribution in [2.45, 2.75) is 4.90 Å². The number of imide groups is 1. The standard InChI is InChI=1S/C26H22FNO8S2/c1-33-20-5-3-4-6-21(20)35-14-13-28-25(29)24(37-26(28)30)16-17-7-12-22(23(15-17)34-2)36-38(31,32)19-10-8-18(27)9-11-19/h3-12,15-16H,13-14H2,1-2H3/b24-16-. The van der Waals surface area contributed by atoms with Gasteiger partial charge in [-0.2, -0.15) is 8.42 Å². The number of nitrogens with zero attached hydrogens (tertiary/aromatic N) is 1. The minimum atomic E-state index is -4.25. The minimum absolute atomic E-state index is 0.0391. The highest BCUT2D eigenvalue weighted by molar-refractivity contribution is 8.18. The molecule has 1 aliphatic rings. The number of carbonyl (C=O) groups excluding carboxylic acids is 2. The van der Waals surface area contributed by atoms with Crippen molar-refractivity contribution >= 4 is 39.1 Å². The maximum absolute atomic E-state index is 13.1. The van der Waals surface area contributed by atoms with Crippen LogP contribution < -0.4 is 18.4 Å². The van der Waals surface area contributed by atoms with Gasteiger partial charge in [-0.25, -0.2) is 4.39 Å². The molecular formula is C26H22FNO8S2. The molecule has 38 heavy (non-hydrogen) atoms. The fraction of sp³-hybridized carbons (Fsp3) is 0.154. The van der Waals surface area contributed by atoms with Crippen molar-refractivity contribution in [2.75, 3.05) is 27.4 Å². The maximum atomic E-state index is 13.1. The first-order chi connectivity index (χ1) is 18.2. The number of hydrogen-bond donors (Lipinski definition) is 0. The maximum Gasteiger partial charge on any atom is 0.339 e. The zero-order chi connectivity index (χ0) is 27.3. The van der Waals surface area contributed by atoms with Gasteiger partial charge in [0.25, 0.3) is 11.1 Å². The summed E-state index contributed by atoms with van der Waals surface area (Å²) in [4.78, 5) is 26.3. The Morgan fingerprint density at radius 3 is 2.26 bits per heavy atom. The lowest BCUT2D eigenvalue weighted by atomic mass is 10.2. The summed E-state index contributed by atoms with van der Waals surface area (Å²) in [6, 6.07) is 15.6. The van der Waals surface area contributed by atoms with E-state index in [0.29, 0.717) is 17.1 Å². The zero-order valence-electron chi connectivity index (χ0n) is 20.3. The van der Waals surface area contributed by atoms with Crippen molar-refractivity contribution in [1.82, 2.24) is 4.90 Å². The fourth-order valence-corrected chi connectivity index (χ4v) is 5.24. The summed E-state index contributed by atoms with van der Waals surface area (Å²) in [6.07, 6.45) is 1.49. The van der Waals surface area contributed by atoms with Crippen LogP contribution in [-0.2, 0) is 14.9 Å². The van der Waals surface area contributed by atoms with Crippen LogP contribution in [0.1, 0.15) is 5.56 Å². The summed E-state index contributed by atoms with van der Waals surface area (Å²) in [5.41, 5.74) is 0.476. The lowest BCUT2D eigenvalue weighted by Crippen LogP contribution is -2.32. The molecule has 0 N–H and O–H groups in total. The number of ether oxygens (including phenoxy) is 3. The van der Waals surface area contributed by atoms with Crippen LogP contribution in [-0.4, -0.2) is 51.8 Å². The average Bonchev–Trinajstić information content (AvgIpc) is 3.17. The lowest BCUT2D eigenvalue weighted by molar-refractivity contribution is -0.123. The number of halogens is 1. The van der Waals surface area contributed by atoms with Crippen molar-refractivity contribution in [3.8, 4) is 23.0 Å². The molecule has 0 bridgehead atoms. The molecule has 0 radical (unpaired) electrons. The van der Waals surface area contributed by atoms with Crippen molar-refractivity contribution in [2.24, 2.45) is 0 Å². The summed E-state index contributed by atoms with van der Waals surface area (Å²) in [5, 5.41) is -0.442. The van der Waals surface area contributed by atoms with Crippen molar-refractivity contribution in [3.05, 3.63) is 83.0 Å². The lowest BCUT2D eigenvalue weighted by Gasteiger charge is -2.14. The van der Waals surface area contributed by atoms with Crippen LogP contribution in [0, 0.1) is 5.82 Å². The summed E-state index contributed by atoms with van der Waals surface area (Å²) in [7, 11) is -1.41. The van der Waals surface area contributed by atoms with Crippen LogP contribution >= 0.6 is 11.8 Å². The molecule has 0 aromatic heterocycles. The van der Waals surface area contributed by atoms with Crippen molar-refractivity contribution < 1.29 is 40.8 Å². The Labute approximate surface area is 222 Å². The Morgan fingerprint density at radius 1 is 0.895 bits per heavy atom. The highest BCUT2D eigenvalue weighted by atomic mass is 32.2. The minimum Gasteiger partial charge on any atom is -0.493 e. The zero-order valence-corrected chi connectivity index (χ0v) is 21.9. The Bertz CT molecular complexity index is 1490. The predicted molar refractivity (Wildman–Crippen MR) is 138 cm³/mol. The molecule has 1 saturated heterocycles. The van der Waals surface area contributed by atoms with E-state index < -0.39 is 27.1 Å². The number of amides is 2. The van der Waals surface area contributed by atoms with Gasteiger partial charge in [0.1, 0.15) is 17.3 Å². The molecule has 1 heterocycles. The number of hydrogen-bond acceptors (Lipinski definition) is 9. The third-order valence-corrected chi connectivity index (χ3v) is 7.46. The molecule has 0 saturated carbocycles. The van der Waals surface area contributed by atoms with Gasteiger partial charge < -0.3 is 18.4 Å². The molecule has 4 rings (SSSR count).